The molecule has 0 heterocycles. The van der Waals surface area contributed by atoms with Crippen LogP contribution in [0.15, 0.2) is 0 Å². The molecule has 1 N–H and O–H groups in total. The summed E-state index contributed by atoms with van der Waals surface area (Å²) in [6, 6.07) is 0. The van der Waals surface area contributed by atoms with Crippen LogP contribution in [0.25, 0.3) is 0 Å². The van der Waals surface area contributed by atoms with Gasteiger partial charge in [0.2, 0.25) is 0 Å². The number of ketones is 1. The van der Waals surface area contributed by atoms with Crippen molar-refractivity contribution in [1.29, 1.82) is 0 Å². The van der Waals surface area contributed by atoms with E-state index in [1.807, 2.05) is 14.0 Å². The van der Waals surface area contributed by atoms with Crippen molar-refractivity contribution < 1.29 is 4.79 Å². The Morgan fingerprint density at radius 3 is 2.19 bits per heavy atom. The fourth-order valence-electron chi connectivity index (χ4n) is 1.92. The minimum Gasteiger partial charge on any atom is -0.319 e. The van der Waals surface area contributed by atoms with Crippen molar-refractivity contribution in [1.82, 2.24) is 5.32 Å². The number of unbranched alkanes of at least 4 members (excludes halogenated alkanes) is 6. The van der Waals surface area contributed by atoms with Gasteiger partial charge in [-0.05, 0) is 13.5 Å². The largest absolute Gasteiger partial charge is 0.319 e. The highest BCUT2D eigenvalue weighted by molar-refractivity contribution is 5.80. The first-order chi connectivity index (χ1) is 7.72. The highest BCUT2D eigenvalue weighted by Gasteiger charge is 2.10. The highest BCUT2D eigenvalue weighted by atomic mass is 16.1. The summed E-state index contributed by atoms with van der Waals surface area (Å²) in [7, 11) is 1.90. The van der Waals surface area contributed by atoms with Gasteiger partial charge >= 0.3 is 0 Å². The smallest absolute Gasteiger partial charge is 0.136 e. The average molecular weight is 227 g/mol. The van der Waals surface area contributed by atoms with Gasteiger partial charge in [0.1, 0.15) is 5.78 Å². The van der Waals surface area contributed by atoms with Crippen molar-refractivity contribution in [2.24, 2.45) is 5.92 Å². The highest BCUT2D eigenvalue weighted by Crippen LogP contribution is 2.10. The van der Waals surface area contributed by atoms with Crippen molar-refractivity contribution >= 4 is 5.78 Å². The minimum absolute atomic E-state index is 0.185. The van der Waals surface area contributed by atoms with Crippen molar-refractivity contribution in [2.45, 2.75) is 65.2 Å². The van der Waals surface area contributed by atoms with E-state index in [4.69, 9.17) is 0 Å². The number of carbonyl (C=O) groups is 1. The van der Waals surface area contributed by atoms with Gasteiger partial charge < -0.3 is 5.32 Å². The Morgan fingerprint density at radius 2 is 1.62 bits per heavy atom. The van der Waals surface area contributed by atoms with Crippen molar-refractivity contribution in [2.75, 3.05) is 13.6 Å². The third-order valence-electron chi connectivity index (χ3n) is 3.09. The normalized spacial score (nSPS) is 12.7. The van der Waals surface area contributed by atoms with Gasteiger partial charge in [0.05, 0.1) is 0 Å². The SMILES string of the molecule is CCCCCCCCCC(=O)C(C)CNC. The molecule has 1 unspecified atom stereocenters. The maximum Gasteiger partial charge on any atom is 0.136 e. The fourth-order valence-corrected chi connectivity index (χ4v) is 1.92. The van der Waals surface area contributed by atoms with Crippen molar-refractivity contribution in [3.63, 3.8) is 0 Å². The summed E-state index contributed by atoms with van der Waals surface area (Å²) in [5, 5.41) is 3.05. The fraction of sp³-hybridized carbons (Fsp3) is 0.929. The van der Waals surface area contributed by atoms with Gasteiger partial charge in [-0.1, -0.05) is 52.4 Å². The van der Waals surface area contributed by atoms with Crippen LogP contribution in [0.3, 0.4) is 0 Å². The molecule has 0 saturated carbocycles. The molecule has 0 fully saturated rings. The number of Topliss-reactive ketones (excluding diaryl/α,β-unsaturated/α-hetero) is 1. The molecule has 0 spiro atoms. The van der Waals surface area contributed by atoms with Crippen LogP contribution in [0.5, 0.6) is 0 Å². The summed E-state index contributed by atoms with van der Waals surface area (Å²) < 4.78 is 0. The Bertz CT molecular complexity index is 168. The van der Waals surface area contributed by atoms with Crippen LogP contribution < -0.4 is 5.32 Å². The monoisotopic (exact) mass is 227 g/mol. The molecule has 0 aliphatic rings. The molecule has 0 aromatic carbocycles. The first-order valence-electron chi connectivity index (χ1n) is 6.89. The quantitative estimate of drug-likeness (QED) is 0.547. The van der Waals surface area contributed by atoms with Gasteiger partial charge in [-0.25, -0.2) is 0 Å². The average Bonchev–Trinajstić information content (AvgIpc) is 2.28. The van der Waals surface area contributed by atoms with E-state index >= 15 is 0 Å². The van der Waals surface area contributed by atoms with Gasteiger partial charge in [-0.2, -0.15) is 0 Å². The Hall–Kier alpha value is -0.370. The van der Waals surface area contributed by atoms with E-state index in [0.717, 1.165) is 19.4 Å². The lowest BCUT2D eigenvalue weighted by Crippen LogP contribution is -2.23. The molecule has 0 bridgehead atoms. The number of hydrogen-bond donors (Lipinski definition) is 1. The van der Waals surface area contributed by atoms with E-state index in [1.54, 1.807) is 0 Å². The van der Waals surface area contributed by atoms with Crippen LogP contribution in [0.2, 0.25) is 0 Å². The van der Waals surface area contributed by atoms with E-state index in [0.29, 0.717) is 5.78 Å². The minimum atomic E-state index is 0.185. The second-order valence-corrected chi connectivity index (χ2v) is 4.80. The molecule has 0 aromatic heterocycles. The molecular weight excluding hydrogens is 198 g/mol. The first kappa shape index (κ1) is 15.6. The Balaban J connectivity index is 3.27. The lowest BCUT2D eigenvalue weighted by atomic mass is 10.00. The number of carbonyl (C=O) groups excluding carboxylic acids is 1. The molecule has 1 atom stereocenters. The molecule has 0 rings (SSSR count). The van der Waals surface area contributed by atoms with Crippen molar-refractivity contribution in [3.05, 3.63) is 0 Å². The molecule has 96 valence electrons. The van der Waals surface area contributed by atoms with Crippen LogP contribution in [0.1, 0.15) is 65.2 Å². The Labute approximate surface area is 101 Å². The molecule has 0 aliphatic carbocycles. The first-order valence-corrected chi connectivity index (χ1v) is 6.89. The molecule has 0 amide bonds. The van der Waals surface area contributed by atoms with Crippen LogP contribution in [0, 0.1) is 5.92 Å². The number of hydrogen-bond acceptors (Lipinski definition) is 2. The summed E-state index contributed by atoms with van der Waals surface area (Å²) in [4.78, 5) is 11.6. The van der Waals surface area contributed by atoms with Gasteiger partial charge in [0.15, 0.2) is 0 Å². The lowest BCUT2D eigenvalue weighted by Gasteiger charge is -2.09. The maximum absolute atomic E-state index is 11.6. The van der Waals surface area contributed by atoms with Crippen LogP contribution in [0.4, 0.5) is 0 Å². The molecule has 2 nitrogen and oxygen atoms in total. The van der Waals surface area contributed by atoms with Gasteiger partial charge in [-0.15, -0.1) is 0 Å². The second-order valence-electron chi connectivity index (χ2n) is 4.80. The number of rotatable bonds is 11. The van der Waals surface area contributed by atoms with E-state index in [1.165, 1.54) is 38.5 Å². The second kappa shape index (κ2) is 11.1. The standard InChI is InChI=1S/C14H29NO/c1-4-5-6-7-8-9-10-11-14(16)13(2)12-15-3/h13,15H,4-12H2,1-3H3. The van der Waals surface area contributed by atoms with Crippen molar-refractivity contribution in [3.8, 4) is 0 Å². The lowest BCUT2D eigenvalue weighted by molar-refractivity contribution is -0.122. The van der Waals surface area contributed by atoms with E-state index in [9.17, 15) is 4.79 Å². The zero-order valence-electron chi connectivity index (χ0n) is 11.3. The van der Waals surface area contributed by atoms with Crippen LogP contribution in [-0.4, -0.2) is 19.4 Å². The van der Waals surface area contributed by atoms with E-state index in [-0.39, 0.29) is 5.92 Å². The zero-order chi connectivity index (χ0) is 12.2. The van der Waals surface area contributed by atoms with Crippen LogP contribution >= 0.6 is 0 Å². The summed E-state index contributed by atoms with van der Waals surface area (Å²) in [6.45, 7) is 5.07. The third kappa shape index (κ3) is 8.90. The van der Waals surface area contributed by atoms with Gasteiger partial charge in [0.25, 0.3) is 0 Å². The summed E-state index contributed by atoms with van der Waals surface area (Å²) >= 11 is 0. The molecule has 0 aromatic rings. The summed E-state index contributed by atoms with van der Waals surface area (Å²) in [5.41, 5.74) is 0. The van der Waals surface area contributed by atoms with Gasteiger partial charge in [0, 0.05) is 18.9 Å². The Morgan fingerprint density at radius 1 is 1.06 bits per heavy atom. The predicted molar refractivity (Wildman–Crippen MR) is 70.7 cm³/mol. The molecule has 16 heavy (non-hydrogen) atoms. The summed E-state index contributed by atoms with van der Waals surface area (Å²) in [6.07, 6.45) is 9.75. The van der Waals surface area contributed by atoms with Gasteiger partial charge in [-0.3, -0.25) is 4.79 Å². The molecule has 0 aliphatic heterocycles. The van der Waals surface area contributed by atoms with Crippen LogP contribution in [-0.2, 0) is 4.79 Å². The summed E-state index contributed by atoms with van der Waals surface area (Å²) in [5.74, 6) is 0.605. The van der Waals surface area contributed by atoms with E-state index in [2.05, 4.69) is 12.2 Å². The molecule has 0 saturated heterocycles. The molecular formula is C14H29NO. The zero-order valence-corrected chi connectivity index (χ0v) is 11.3. The third-order valence-corrected chi connectivity index (χ3v) is 3.09. The number of nitrogens with one attached hydrogen (secondary N) is 1. The Kier molecular flexibility index (Phi) is 10.9. The topological polar surface area (TPSA) is 29.1 Å². The predicted octanol–water partition coefficient (Wildman–Crippen LogP) is 3.55. The molecule has 2 heteroatoms. The van der Waals surface area contributed by atoms with E-state index < -0.39 is 0 Å². The maximum atomic E-state index is 11.6. The molecule has 0 radical (unpaired) electrons.